The smallest absolute Gasteiger partial charge is 0.433 e. The van der Waals surface area contributed by atoms with Gasteiger partial charge in [0, 0.05) is 24.2 Å². The fourth-order valence-corrected chi connectivity index (χ4v) is 4.20. The number of carboxylic acid groups (broad SMARTS) is 1. The van der Waals surface area contributed by atoms with E-state index in [9.17, 15) is 27.9 Å². The summed E-state index contributed by atoms with van der Waals surface area (Å²) in [6, 6.07) is 10.4. The lowest BCUT2D eigenvalue weighted by molar-refractivity contribution is -0.143. The van der Waals surface area contributed by atoms with E-state index in [0.29, 0.717) is 42.3 Å². The predicted molar refractivity (Wildman–Crippen MR) is 114 cm³/mol. The van der Waals surface area contributed by atoms with Crippen LogP contribution in [0.15, 0.2) is 42.5 Å². The molecule has 0 spiro atoms. The summed E-state index contributed by atoms with van der Waals surface area (Å²) in [5.74, 6) is -1.78. The van der Waals surface area contributed by atoms with Gasteiger partial charge in [-0.15, -0.1) is 0 Å². The van der Waals surface area contributed by atoms with E-state index < -0.39 is 29.7 Å². The molecule has 4 rings (SSSR count). The summed E-state index contributed by atoms with van der Waals surface area (Å²) in [7, 11) is 0. The van der Waals surface area contributed by atoms with Crippen LogP contribution in [0.3, 0.4) is 0 Å². The van der Waals surface area contributed by atoms with Gasteiger partial charge in [0.15, 0.2) is 17.0 Å². The number of amides is 1. The van der Waals surface area contributed by atoms with Gasteiger partial charge in [0.25, 0.3) is 5.91 Å². The van der Waals surface area contributed by atoms with Crippen molar-refractivity contribution < 1.29 is 27.9 Å². The van der Waals surface area contributed by atoms with Gasteiger partial charge in [-0.05, 0) is 38.7 Å². The monoisotopic (exact) mass is 460 g/mol. The highest BCUT2D eigenvalue weighted by Crippen LogP contribution is 2.32. The Bertz CT molecular complexity index is 1180. The average Bonchev–Trinajstić information content (AvgIpc) is 3.19. The number of aromatic nitrogens is 3. The van der Waals surface area contributed by atoms with Gasteiger partial charge in [0.05, 0.1) is 11.6 Å². The summed E-state index contributed by atoms with van der Waals surface area (Å²) in [6.07, 6.45) is -2.84. The Morgan fingerprint density at radius 3 is 2.48 bits per heavy atom. The number of carbonyl (C=O) groups excluding carboxylic acids is 1. The number of rotatable bonds is 3. The van der Waals surface area contributed by atoms with Crippen LogP contribution in [0.4, 0.5) is 13.2 Å². The number of halogens is 3. The number of hydrogen-bond donors (Lipinski definition) is 1. The van der Waals surface area contributed by atoms with Gasteiger partial charge < -0.3 is 10.0 Å². The Morgan fingerprint density at radius 1 is 1.09 bits per heavy atom. The standard InChI is InChI=1S/C23H23F3N4O3/c1-14-9-10-16(22(32)33)8-5-11-29(14)21(31)18-13-20-27-17(15-6-3-2-4-7-15)12-19(23(24,25)26)30(20)28-18/h2-4,6-7,12-14,16H,5,8-11H2,1H3,(H,32,33). The van der Waals surface area contributed by atoms with Crippen LogP contribution in [0, 0.1) is 5.92 Å². The molecule has 1 aromatic carbocycles. The second-order valence-corrected chi connectivity index (χ2v) is 8.29. The Morgan fingerprint density at radius 2 is 1.82 bits per heavy atom. The third kappa shape index (κ3) is 4.69. The Balaban J connectivity index is 1.70. The average molecular weight is 460 g/mol. The number of fused-ring (bicyclic) bond motifs is 1. The van der Waals surface area contributed by atoms with E-state index in [1.807, 2.05) is 6.92 Å². The van der Waals surface area contributed by atoms with E-state index in [1.165, 1.54) is 6.07 Å². The lowest BCUT2D eigenvalue weighted by atomic mass is 9.92. The lowest BCUT2D eigenvalue weighted by Crippen LogP contribution is -2.41. The fraction of sp³-hybridized carbons (Fsp3) is 0.391. The summed E-state index contributed by atoms with van der Waals surface area (Å²) >= 11 is 0. The van der Waals surface area contributed by atoms with Gasteiger partial charge in [-0.2, -0.15) is 18.3 Å². The zero-order valence-corrected chi connectivity index (χ0v) is 17.9. The second-order valence-electron chi connectivity index (χ2n) is 8.29. The van der Waals surface area contributed by atoms with Crippen LogP contribution in [0.1, 0.15) is 48.8 Å². The molecule has 174 valence electrons. The number of alkyl halides is 3. The molecule has 2 atom stereocenters. The van der Waals surface area contributed by atoms with Crippen LogP contribution >= 0.6 is 0 Å². The zero-order valence-electron chi connectivity index (χ0n) is 17.9. The molecule has 1 aliphatic heterocycles. The van der Waals surface area contributed by atoms with Gasteiger partial charge in [-0.1, -0.05) is 30.3 Å². The molecule has 1 saturated heterocycles. The number of benzene rings is 1. The van der Waals surface area contributed by atoms with Gasteiger partial charge in [-0.25, -0.2) is 9.50 Å². The third-order valence-corrected chi connectivity index (χ3v) is 6.03. The van der Waals surface area contributed by atoms with Crippen molar-refractivity contribution >= 4 is 17.5 Å². The molecule has 2 unspecified atom stereocenters. The fourth-order valence-electron chi connectivity index (χ4n) is 4.20. The molecule has 1 amide bonds. The number of carbonyl (C=O) groups is 2. The maximum Gasteiger partial charge on any atom is 0.433 e. The lowest BCUT2D eigenvalue weighted by Gasteiger charge is -2.32. The minimum Gasteiger partial charge on any atom is -0.481 e. The largest absolute Gasteiger partial charge is 0.481 e. The summed E-state index contributed by atoms with van der Waals surface area (Å²) < 4.78 is 42.1. The van der Waals surface area contributed by atoms with Crippen molar-refractivity contribution in [2.75, 3.05) is 6.54 Å². The topological polar surface area (TPSA) is 87.8 Å². The van der Waals surface area contributed by atoms with Crippen molar-refractivity contribution in [1.82, 2.24) is 19.5 Å². The molecule has 0 aliphatic carbocycles. The Labute approximate surface area is 187 Å². The number of hydrogen-bond acceptors (Lipinski definition) is 4. The zero-order chi connectivity index (χ0) is 23.8. The molecule has 1 fully saturated rings. The summed E-state index contributed by atoms with van der Waals surface area (Å²) in [6.45, 7) is 2.12. The van der Waals surface area contributed by atoms with Crippen molar-refractivity contribution in [1.29, 1.82) is 0 Å². The first-order valence-electron chi connectivity index (χ1n) is 10.7. The number of carboxylic acids is 1. The second kappa shape index (κ2) is 8.84. The number of likely N-dealkylation sites (tertiary alicyclic amines) is 1. The molecule has 1 N–H and O–H groups in total. The maximum absolute atomic E-state index is 13.8. The van der Waals surface area contributed by atoms with Crippen LogP contribution in [0.5, 0.6) is 0 Å². The van der Waals surface area contributed by atoms with E-state index in [4.69, 9.17) is 0 Å². The van der Waals surface area contributed by atoms with Crippen molar-refractivity contribution in [3.05, 3.63) is 53.9 Å². The van der Waals surface area contributed by atoms with Crippen molar-refractivity contribution in [3.8, 4) is 11.3 Å². The molecule has 10 heteroatoms. The molecule has 0 radical (unpaired) electrons. The highest BCUT2D eigenvalue weighted by atomic mass is 19.4. The van der Waals surface area contributed by atoms with E-state index in [-0.39, 0.29) is 23.1 Å². The highest BCUT2D eigenvalue weighted by Gasteiger charge is 2.36. The summed E-state index contributed by atoms with van der Waals surface area (Å²) in [4.78, 5) is 30.4. The van der Waals surface area contributed by atoms with Gasteiger partial charge >= 0.3 is 12.1 Å². The molecule has 3 heterocycles. The minimum atomic E-state index is -4.70. The molecule has 0 bridgehead atoms. The molecular weight excluding hydrogens is 437 g/mol. The number of aliphatic carboxylic acids is 1. The predicted octanol–water partition coefficient (Wildman–Crippen LogP) is 4.52. The van der Waals surface area contributed by atoms with Crippen LogP contribution in [-0.2, 0) is 11.0 Å². The van der Waals surface area contributed by atoms with Crippen molar-refractivity contribution in [2.45, 2.75) is 44.8 Å². The molecule has 7 nitrogen and oxygen atoms in total. The van der Waals surface area contributed by atoms with Gasteiger partial charge in [0.2, 0.25) is 0 Å². The van der Waals surface area contributed by atoms with E-state index in [0.717, 1.165) is 6.07 Å². The molecule has 3 aromatic rings. The minimum absolute atomic E-state index is 0.0716. The van der Waals surface area contributed by atoms with Gasteiger partial charge in [-0.3, -0.25) is 9.59 Å². The van der Waals surface area contributed by atoms with E-state index in [1.54, 1.807) is 35.2 Å². The first kappa shape index (κ1) is 22.8. The summed E-state index contributed by atoms with van der Waals surface area (Å²) in [5, 5.41) is 13.2. The number of nitrogens with zero attached hydrogens (tertiary/aromatic N) is 4. The summed E-state index contributed by atoms with van der Waals surface area (Å²) in [5.41, 5.74) is -0.563. The molecule has 2 aromatic heterocycles. The van der Waals surface area contributed by atoms with Gasteiger partial charge in [0.1, 0.15) is 0 Å². The van der Waals surface area contributed by atoms with Crippen LogP contribution in [0.2, 0.25) is 0 Å². The molecule has 33 heavy (non-hydrogen) atoms. The van der Waals surface area contributed by atoms with Crippen molar-refractivity contribution in [2.24, 2.45) is 5.92 Å². The third-order valence-electron chi connectivity index (χ3n) is 6.03. The molecular formula is C23H23F3N4O3. The SMILES string of the molecule is CC1CCC(C(=O)O)CCCN1C(=O)c1cc2nc(-c3ccccc3)cc(C(F)(F)F)n2n1. The van der Waals surface area contributed by atoms with E-state index >= 15 is 0 Å². The first-order chi connectivity index (χ1) is 15.6. The first-order valence-corrected chi connectivity index (χ1v) is 10.7. The molecule has 1 aliphatic rings. The molecule has 0 saturated carbocycles. The van der Waals surface area contributed by atoms with Crippen molar-refractivity contribution in [3.63, 3.8) is 0 Å². The van der Waals surface area contributed by atoms with Crippen LogP contribution in [0.25, 0.3) is 16.9 Å². The maximum atomic E-state index is 13.8. The Hall–Kier alpha value is -3.43. The highest BCUT2D eigenvalue weighted by molar-refractivity contribution is 5.93. The quantitative estimate of drug-likeness (QED) is 0.621. The normalized spacial score (nSPS) is 19.8. The van der Waals surface area contributed by atoms with Crippen LogP contribution < -0.4 is 0 Å². The Kier molecular flexibility index (Phi) is 6.09. The van der Waals surface area contributed by atoms with Crippen LogP contribution in [-0.4, -0.2) is 49.1 Å². The van der Waals surface area contributed by atoms with E-state index in [2.05, 4.69) is 10.1 Å².